The molecule has 2 aromatic carbocycles. The third kappa shape index (κ3) is 4.12. The number of nitrogens with zero attached hydrogens (tertiary/aromatic N) is 3. The van der Waals surface area contributed by atoms with E-state index in [9.17, 15) is 18.4 Å². The number of nitriles is 1. The zero-order valence-electron chi connectivity index (χ0n) is 14.4. The van der Waals surface area contributed by atoms with Gasteiger partial charge in [-0.1, -0.05) is 24.3 Å². The first-order chi connectivity index (χ1) is 13.3. The van der Waals surface area contributed by atoms with Crippen LogP contribution in [0, 0.1) is 11.3 Å². The molecular weight excluding hydrogens is 371 g/mol. The molecule has 0 saturated carbocycles. The number of halogens is 3. The van der Waals surface area contributed by atoms with Crippen molar-refractivity contribution in [3.8, 4) is 23.1 Å². The highest BCUT2D eigenvalue weighted by atomic mass is 19.4. The molecule has 3 rings (SSSR count). The Hall–Kier alpha value is -3.80. The number of hydrogen-bond donors (Lipinski definition) is 2. The van der Waals surface area contributed by atoms with Gasteiger partial charge in [-0.3, -0.25) is 0 Å². The van der Waals surface area contributed by atoms with Gasteiger partial charge in [-0.05, 0) is 29.8 Å². The summed E-state index contributed by atoms with van der Waals surface area (Å²) in [5.41, 5.74) is 11.8. The number of alkyl halides is 3. The van der Waals surface area contributed by atoms with Crippen molar-refractivity contribution in [3.63, 3.8) is 0 Å². The van der Waals surface area contributed by atoms with Gasteiger partial charge in [0.25, 0.3) is 0 Å². The van der Waals surface area contributed by atoms with Gasteiger partial charge in [-0.2, -0.15) is 23.4 Å². The molecule has 0 spiro atoms. The highest BCUT2D eigenvalue weighted by Gasteiger charge is 2.30. The number of rotatable bonds is 4. The van der Waals surface area contributed by atoms with Crippen LogP contribution in [-0.2, 0) is 12.8 Å². The third-order valence-electron chi connectivity index (χ3n) is 3.83. The number of hydrogen-bond acceptors (Lipinski definition) is 6. The van der Waals surface area contributed by atoms with E-state index in [4.69, 9.17) is 16.2 Å². The Labute approximate surface area is 158 Å². The van der Waals surface area contributed by atoms with Crippen LogP contribution in [0.15, 0.2) is 48.5 Å². The van der Waals surface area contributed by atoms with E-state index in [2.05, 4.69) is 9.97 Å². The van der Waals surface area contributed by atoms with Crippen LogP contribution in [0.4, 0.5) is 24.9 Å². The van der Waals surface area contributed by atoms with E-state index < -0.39 is 11.7 Å². The summed E-state index contributed by atoms with van der Waals surface area (Å²) in [5.74, 6) is 0.261. The fraction of sp³-hybridized carbons (Fsp3) is 0.105. The van der Waals surface area contributed by atoms with Crippen LogP contribution >= 0.6 is 0 Å². The van der Waals surface area contributed by atoms with Crippen LogP contribution in [0.1, 0.15) is 16.7 Å². The smallest absolute Gasteiger partial charge is 0.416 e. The van der Waals surface area contributed by atoms with Crippen LogP contribution in [0.3, 0.4) is 0 Å². The molecule has 0 saturated heterocycles. The average molecular weight is 385 g/mol. The molecule has 0 bridgehead atoms. The van der Waals surface area contributed by atoms with E-state index in [-0.39, 0.29) is 29.6 Å². The molecule has 0 radical (unpaired) electrons. The van der Waals surface area contributed by atoms with Gasteiger partial charge in [0.2, 0.25) is 5.95 Å². The van der Waals surface area contributed by atoms with Gasteiger partial charge in [0, 0.05) is 5.56 Å². The van der Waals surface area contributed by atoms with Crippen molar-refractivity contribution in [1.29, 1.82) is 5.26 Å². The molecular formula is C19H14F3N5O. The largest absolute Gasteiger partial charge is 0.489 e. The van der Waals surface area contributed by atoms with Gasteiger partial charge in [0.15, 0.2) is 0 Å². The van der Waals surface area contributed by atoms with E-state index in [0.29, 0.717) is 16.9 Å². The molecule has 0 atom stereocenters. The quantitative estimate of drug-likeness (QED) is 0.707. The molecule has 0 aliphatic carbocycles. The maximum absolute atomic E-state index is 12.8. The fourth-order valence-electron chi connectivity index (χ4n) is 2.55. The summed E-state index contributed by atoms with van der Waals surface area (Å²) in [6.45, 7) is -0.0630. The minimum absolute atomic E-state index is 0.0414. The Morgan fingerprint density at radius 2 is 1.79 bits per heavy atom. The monoisotopic (exact) mass is 385 g/mol. The second-order valence-corrected chi connectivity index (χ2v) is 5.82. The first kappa shape index (κ1) is 19.0. The van der Waals surface area contributed by atoms with E-state index in [1.165, 1.54) is 6.07 Å². The number of nitrogens with two attached hydrogens (primary N) is 2. The van der Waals surface area contributed by atoms with Gasteiger partial charge in [0.05, 0.1) is 11.3 Å². The molecule has 0 unspecified atom stereocenters. The van der Waals surface area contributed by atoms with Crippen molar-refractivity contribution in [1.82, 2.24) is 9.97 Å². The highest BCUT2D eigenvalue weighted by Crippen LogP contribution is 2.31. The molecule has 1 heterocycles. The SMILES string of the molecule is N#Cc1c(N)nc(N)nc1-c1cccc(OCc2cccc(C(F)(F)F)c2)c1. The molecule has 6 nitrogen and oxygen atoms in total. The summed E-state index contributed by atoms with van der Waals surface area (Å²) in [6, 6.07) is 13.4. The van der Waals surface area contributed by atoms with E-state index in [1.807, 2.05) is 6.07 Å². The zero-order valence-corrected chi connectivity index (χ0v) is 14.4. The second kappa shape index (κ2) is 7.44. The lowest BCUT2D eigenvalue weighted by Gasteiger charge is -2.11. The summed E-state index contributed by atoms with van der Waals surface area (Å²) in [6.07, 6.45) is -4.42. The lowest BCUT2D eigenvalue weighted by atomic mass is 10.1. The Kier molecular flexibility index (Phi) is 5.04. The number of ether oxygens (including phenoxy) is 1. The van der Waals surface area contributed by atoms with E-state index >= 15 is 0 Å². The Morgan fingerprint density at radius 3 is 2.50 bits per heavy atom. The van der Waals surface area contributed by atoms with Crippen LogP contribution in [0.2, 0.25) is 0 Å². The van der Waals surface area contributed by atoms with Gasteiger partial charge < -0.3 is 16.2 Å². The predicted octanol–water partition coefficient (Wildman–Crippen LogP) is 3.78. The Bertz CT molecular complexity index is 1060. The molecule has 142 valence electrons. The number of anilines is 2. The number of aromatic nitrogens is 2. The van der Waals surface area contributed by atoms with E-state index in [0.717, 1.165) is 12.1 Å². The van der Waals surface area contributed by atoms with Crippen LogP contribution in [0.25, 0.3) is 11.3 Å². The maximum Gasteiger partial charge on any atom is 0.416 e. The van der Waals surface area contributed by atoms with Gasteiger partial charge in [-0.25, -0.2) is 4.98 Å². The normalized spacial score (nSPS) is 11.1. The molecule has 0 amide bonds. The van der Waals surface area contributed by atoms with Crippen molar-refractivity contribution in [2.75, 3.05) is 11.5 Å². The van der Waals surface area contributed by atoms with Crippen molar-refractivity contribution < 1.29 is 17.9 Å². The van der Waals surface area contributed by atoms with Crippen molar-refractivity contribution in [3.05, 3.63) is 65.2 Å². The lowest BCUT2D eigenvalue weighted by Crippen LogP contribution is -2.06. The van der Waals surface area contributed by atoms with Crippen LogP contribution < -0.4 is 16.2 Å². The summed E-state index contributed by atoms with van der Waals surface area (Å²) in [4.78, 5) is 7.81. The lowest BCUT2D eigenvalue weighted by molar-refractivity contribution is -0.137. The summed E-state index contributed by atoms with van der Waals surface area (Å²) < 4.78 is 44.0. The second-order valence-electron chi connectivity index (χ2n) is 5.82. The first-order valence-corrected chi connectivity index (χ1v) is 8.00. The van der Waals surface area contributed by atoms with Gasteiger partial charge in [-0.15, -0.1) is 0 Å². The fourth-order valence-corrected chi connectivity index (χ4v) is 2.55. The molecule has 0 aliphatic rings. The molecule has 9 heteroatoms. The highest BCUT2D eigenvalue weighted by molar-refractivity contribution is 5.73. The topological polar surface area (TPSA) is 111 Å². The number of benzene rings is 2. The molecule has 28 heavy (non-hydrogen) atoms. The van der Waals surface area contributed by atoms with Crippen LogP contribution in [-0.4, -0.2) is 9.97 Å². The Morgan fingerprint density at radius 1 is 1.04 bits per heavy atom. The van der Waals surface area contributed by atoms with E-state index in [1.54, 1.807) is 30.3 Å². The Balaban J connectivity index is 1.85. The maximum atomic E-state index is 12.8. The molecule has 4 N–H and O–H groups in total. The summed E-state index contributed by atoms with van der Waals surface area (Å²) >= 11 is 0. The minimum Gasteiger partial charge on any atom is -0.489 e. The van der Waals surface area contributed by atoms with Crippen molar-refractivity contribution in [2.45, 2.75) is 12.8 Å². The molecule has 0 fully saturated rings. The predicted molar refractivity (Wildman–Crippen MR) is 96.8 cm³/mol. The summed E-state index contributed by atoms with van der Waals surface area (Å²) in [7, 11) is 0. The van der Waals surface area contributed by atoms with Gasteiger partial charge in [0.1, 0.15) is 29.8 Å². The first-order valence-electron chi connectivity index (χ1n) is 8.00. The zero-order chi connectivity index (χ0) is 20.3. The molecule has 0 aliphatic heterocycles. The minimum atomic E-state index is -4.42. The summed E-state index contributed by atoms with van der Waals surface area (Å²) in [5, 5.41) is 9.29. The standard InChI is InChI=1S/C19H14F3N5O/c20-19(21,22)13-5-1-3-11(7-13)10-28-14-6-2-4-12(8-14)16-15(9-23)17(24)27-18(25)26-16/h1-8H,10H2,(H4,24,25,26,27). The van der Waals surface area contributed by atoms with Crippen molar-refractivity contribution >= 4 is 11.8 Å². The average Bonchev–Trinajstić information content (AvgIpc) is 2.65. The third-order valence-corrected chi connectivity index (χ3v) is 3.83. The molecule has 1 aromatic heterocycles. The van der Waals surface area contributed by atoms with Gasteiger partial charge >= 0.3 is 6.18 Å². The molecule has 3 aromatic rings. The number of nitrogen functional groups attached to an aromatic ring is 2. The van der Waals surface area contributed by atoms with Crippen LogP contribution in [0.5, 0.6) is 5.75 Å². The van der Waals surface area contributed by atoms with Crippen molar-refractivity contribution in [2.24, 2.45) is 0 Å².